The highest BCUT2D eigenvalue weighted by Crippen LogP contribution is 2.17. The van der Waals surface area contributed by atoms with Crippen LogP contribution in [0.5, 0.6) is 0 Å². The van der Waals surface area contributed by atoms with Gasteiger partial charge in [-0.15, -0.1) is 0 Å². The molecule has 1 unspecified atom stereocenters. The van der Waals surface area contributed by atoms with E-state index in [1.54, 1.807) is 18.2 Å². The normalized spacial score (nSPS) is 11.7. The number of nitrogens with one attached hydrogen (secondary N) is 1. The maximum Gasteiger partial charge on any atom is 0.375 e. The van der Waals surface area contributed by atoms with E-state index in [2.05, 4.69) is 21.2 Å². The number of anilines is 2. The van der Waals surface area contributed by atoms with Crippen molar-refractivity contribution in [2.45, 2.75) is 13.0 Å². The number of ether oxygens (including phenoxy) is 1. The molecule has 0 aliphatic rings. The Morgan fingerprint density at radius 2 is 1.83 bits per heavy atom. The number of esters is 1. The Kier molecular flexibility index (Phi) is 5.44. The van der Waals surface area contributed by atoms with Crippen molar-refractivity contribution in [3.05, 3.63) is 46.8 Å². The number of halogens is 1. The fourth-order valence-corrected chi connectivity index (χ4v) is 2.09. The van der Waals surface area contributed by atoms with Crippen molar-refractivity contribution >= 4 is 39.2 Å². The van der Waals surface area contributed by atoms with Crippen molar-refractivity contribution in [3.8, 4) is 0 Å². The number of furan rings is 1. The van der Waals surface area contributed by atoms with Gasteiger partial charge in [0.2, 0.25) is 5.76 Å². The fraction of sp³-hybridized carbons (Fsp3) is 0.250. The van der Waals surface area contributed by atoms with Crippen LogP contribution in [0.3, 0.4) is 0 Å². The predicted octanol–water partition coefficient (Wildman–Crippen LogP) is 3.29. The smallest absolute Gasteiger partial charge is 0.375 e. The average molecular weight is 381 g/mol. The minimum absolute atomic E-state index is 0.0341. The van der Waals surface area contributed by atoms with Gasteiger partial charge in [0.05, 0.1) is 0 Å². The van der Waals surface area contributed by atoms with E-state index in [1.807, 2.05) is 31.1 Å². The molecule has 1 atom stereocenters. The number of carbonyl (C=O) groups is 2. The van der Waals surface area contributed by atoms with Gasteiger partial charge in [0.1, 0.15) is 0 Å². The molecule has 0 spiro atoms. The Morgan fingerprint density at radius 1 is 1.17 bits per heavy atom. The first kappa shape index (κ1) is 17.1. The van der Waals surface area contributed by atoms with Crippen molar-refractivity contribution in [2.24, 2.45) is 0 Å². The third-order valence-electron chi connectivity index (χ3n) is 3.08. The Morgan fingerprint density at radius 3 is 2.35 bits per heavy atom. The number of rotatable bonds is 5. The lowest BCUT2D eigenvalue weighted by molar-refractivity contribution is -0.123. The van der Waals surface area contributed by atoms with Gasteiger partial charge in [0, 0.05) is 25.5 Å². The molecule has 2 rings (SSSR count). The average Bonchev–Trinajstić information content (AvgIpc) is 2.94. The first-order valence-electron chi connectivity index (χ1n) is 6.91. The van der Waals surface area contributed by atoms with Crippen molar-refractivity contribution in [1.29, 1.82) is 0 Å². The SMILES string of the molecule is CC(OC(=O)c1ccc(Br)o1)C(=O)Nc1ccc(N(C)C)cc1. The van der Waals surface area contributed by atoms with Crippen molar-refractivity contribution < 1.29 is 18.7 Å². The molecule has 1 heterocycles. The maximum absolute atomic E-state index is 12.1. The molecule has 0 aliphatic carbocycles. The lowest BCUT2D eigenvalue weighted by Gasteiger charge is -2.15. The summed E-state index contributed by atoms with van der Waals surface area (Å²) in [6, 6.07) is 10.4. The van der Waals surface area contributed by atoms with Gasteiger partial charge >= 0.3 is 5.97 Å². The van der Waals surface area contributed by atoms with Crippen LogP contribution < -0.4 is 10.2 Å². The van der Waals surface area contributed by atoms with Crippen LogP contribution in [0.25, 0.3) is 0 Å². The van der Waals surface area contributed by atoms with E-state index in [4.69, 9.17) is 9.15 Å². The Balaban J connectivity index is 1.93. The fourth-order valence-electron chi connectivity index (χ4n) is 1.78. The monoisotopic (exact) mass is 380 g/mol. The summed E-state index contributed by atoms with van der Waals surface area (Å²) in [4.78, 5) is 25.8. The number of nitrogens with zero attached hydrogens (tertiary/aromatic N) is 1. The molecule has 1 aromatic carbocycles. The Labute approximate surface area is 142 Å². The lowest BCUT2D eigenvalue weighted by atomic mass is 10.2. The van der Waals surface area contributed by atoms with Crippen LogP contribution in [-0.2, 0) is 9.53 Å². The first-order chi connectivity index (χ1) is 10.9. The third-order valence-corrected chi connectivity index (χ3v) is 3.50. The summed E-state index contributed by atoms with van der Waals surface area (Å²) >= 11 is 3.10. The van der Waals surface area contributed by atoms with Crippen molar-refractivity contribution in [3.63, 3.8) is 0 Å². The minimum atomic E-state index is -0.945. The van der Waals surface area contributed by atoms with Crippen LogP contribution in [0.1, 0.15) is 17.5 Å². The van der Waals surface area contributed by atoms with Gasteiger partial charge in [0.25, 0.3) is 5.91 Å². The molecule has 0 saturated heterocycles. The molecular weight excluding hydrogens is 364 g/mol. The molecule has 0 aliphatic heterocycles. The van der Waals surface area contributed by atoms with Gasteiger partial charge < -0.3 is 19.4 Å². The van der Waals surface area contributed by atoms with Gasteiger partial charge in [-0.1, -0.05) is 0 Å². The zero-order valence-corrected chi connectivity index (χ0v) is 14.6. The van der Waals surface area contributed by atoms with Crippen LogP contribution in [0.4, 0.5) is 11.4 Å². The lowest BCUT2D eigenvalue weighted by Crippen LogP contribution is -2.29. The minimum Gasteiger partial charge on any atom is -0.447 e. The predicted molar refractivity (Wildman–Crippen MR) is 90.7 cm³/mol. The molecule has 122 valence electrons. The topological polar surface area (TPSA) is 71.8 Å². The molecule has 2 aromatic rings. The Hall–Kier alpha value is -2.28. The second-order valence-corrected chi connectivity index (χ2v) is 5.86. The number of carbonyl (C=O) groups excluding carboxylic acids is 2. The van der Waals surface area contributed by atoms with Gasteiger partial charge in [-0.25, -0.2) is 4.79 Å². The quantitative estimate of drug-likeness (QED) is 0.805. The highest BCUT2D eigenvalue weighted by molar-refractivity contribution is 9.10. The van der Waals surface area contributed by atoms with E-state index >= 15 is 0 Å². The van der Waals surface area contributed by atoms with Crippen LogP contribution >= 0.6 is 15.9 Å². The summed E-state index contributed by atoms with van der Waals surface area (Å²) in [7, 11) is 3.87. The van der Waals surface area contributed by atoms with Crippen LogP contribution in [0.2, 0.25) is 0 Å². The number of hydrogen-bond acceptors (Lipinski definition) is 5. The van der Waals surface area contributed by atoms with E-state index < -0.39 is 18.0 Å². The second kappa shape index (κ2) is 7.32. The molecule has 0 fully saturated rings. The van der Waals surface area contributed by atoms with Crippen molar-refractivity contribution in [1.82, 2.24) is 0 Å². The summed E-state index contributed by atoms with van der Waals surface area (Å²) < 4.78 is 10.6. The third kappa shape index (κ3) is 4.59. The molecule has 23 heavy (non-hydrogen) atoms. The molecule has 0 radical (unpaired) electrons. The van der Waals surface area contributed by atoms with Gasteiger partial charge in [0.15, 0.2) is 10.8 Å². The number of hydrogen-bond donors (Lipinski definition) is 1. The van der Waals surface area contributed by atoms with E-state index in [1.165, 1.54) is 13.0 Å². The van der Waals surface area contributed by atoms with E-state index in [9.17, 15) is 9.59 Å². The largest absolute Gasteiger partial charge is 0.447 e. The van der Waals surface area contributed by atoms with E-state index in [-0.39, 0.29) is 5.76 Å². The van der Waals surface area contributed by atoms with E-state index in [0.717, 1.165) is 5.69 Å². The summed E-state index contributed by atoms with van der Waals surface area (Å²) in [5.41, 5.74) is 1.65. The zero-order valence-electron chi connectivity index (χ0n) is 13.0. The Bertz CT molecular complexity index is 694. The van der Waals surface area contributed by atoms with E-state index in [0.29, 0.717) is 10.4 Å². The summed E-state index contributed by atoms with van der Waals surface area (Å²) in [6.07, 6.45) is -0.945. The van der Waals surface area contributed by atoms with Gasteiger partial charge in [-0.2, -0.15) is 0 Å². The summed E-state index contributed by atoms with van der Waals surface area (Å²) in [5.74, 6) is -1.07. The molecule has 1 amide bonds. The van der Waals surface area contributed by atoms with Crippen molar-refractivity contribution in [2.75, 3.05) is 24.3 Å². The molecule has 0 bridgehead atoms. The molecule has 1 aromatic heterocycles. The summed E-state index contributed by atoms with van der Waals surface area (Å²) in [5, 5.41) is 2.70. The first-order valence-corrected chi connectivity index (χ1v) is 7.70. The molecule has 1 N–H and O–H groups in total. The molecule has 7 heteroatoms. The van der Waals surface area contributed by atoms with Crippen LogP contribution in [0.15, 0.2) is 45.5 Å². The maximum atomic E-state index is 12.1. The highest BCUT2D eigenvalue weighted by Gasteiger charge is 2.21. The highest BCUT2D eigenvalue weighted by atomic mass is 79.9. The zero-order chi connectivity index (χ0) is 17.0. The van der Waals surface area contributed by atoms with Crippen LogP contribution in [-0.4, -0.2) is 32.1 Å². The molecular formula is C16H17BrN2O4. The second-order valence-electron chi connectivity index (χ2n) is 5.08. The molecule has 6 nitrogen and oxygen atoms in total. The number of amides is 1. The number of benzene rings is 1. The van der Waals surface area contributed by atoms with Gasteiger partial charge in [-0.3, -0.25) is 4.79 Å². The summed E-state index contributed by atoms with van der Waals surface area (Å²) in [6.45, 7) is 1.50. The molecule has 0 saturated carbocycles. The van der Waals surface area contributed by atoms with Gasteiger partial charge in [-0.05, 0) is 59.3 Å². The standard InChI is InChI=1S/C16H17BrN2O4/c1-10(22-16(21)13-8-9-14(17)23-13)15(20)18-11-4-6-12(7-5-11)19(2)3/h4-10H,1-3H3,(H,18,20). The van der Waals surface area contributed by atoms with Crippen LogP contribution in [0, 0.1) is 0 Å².